The number of oxazole rings is 1. The Morgan fingerprint density at radius 2 is 1.65 bits per heavy atom. The van der Waals surface area contributed by atoms with Gasteiger partial charge in [-0.25, -0.2) is 4.98 Å². The Morgan fingerprint density at radius 3 is 2.27 bits per heavy atom. The minimum absolute atomic E-state index is 0.0626. The van der Waals surface area contributed by atoms with Crippen LogP contribution >= 0.6 is 0 Å². The maximum absolute atomic E-state index is 13.1. The van der Waals surface area contributed by atoms with Crippen LogP contribution in [0, 0.1) is 13.8 Å². The van der Waals surface area contributed by atoms with Gasteiger partial charge in [-0.3, -0.25) is 14.6 Å². The topological polar surface area (TPSA) is 85.5 Å². The largest absolute Gasteiger partial charge is 0.447 e. The van der Waals surface area contributed by atoms with E-state index in [1.807, 2.05) is 25.7 Å². The van der Waals surface area contributed by atoms with E-state index in [2.05, 4.69) is 51.7 Å². The number of aliphatic hydroxyl groups excluding tert-OH is 1. The Hall–Kier alpha value is -2.46. The summed E-state index contributed by atoms with van der Waals surface area (Å²) in [6, 6.07) is 6.37. The van der Waals surface area contributed by atoms with Gasteiger partial charge in [0, 0.05) is 64.6 Å². The highest BCUT2D eigenvalue weighted by Crippen LogP contribution is 2.26. The smallest absolute Gasteiger partial charge is 0.275 e. The third-order valence-electron chi connectivity index (χ3n) is 7.09. The highest BCUT2D eigenvalue weighted by molar-refractivity contribution is 5.92. The summed E-state index contributed by atoms with van der Waals surface area (Å²) in [4.78, 5) is 26.4. The number of benzene rings is 1. The van der Waals surface area contributed by atoms with E-state index in [0.717, 1.165) is 39.3 Å². The number of hydrogen-bond donors (Lipinski definition) is 1. The standard InChI is InChI=1S/C28H43N5O4/c1-21-7-6-8-22(2)26(21)32-13-15-33(16-14-32)27(35)24-20-36-25(29-24)18-31-11-9-30(10-12-31)17-23(34)19-37-28(3,4)5/h6-8,20,23,34H,9-19H2,1-5H3/t23-/m1/s1. The quantitative estimate of drug-likeness (QED) is 0.577. The fraction of sp³-hybridized carbons (Fsp3) is 0.643. The van der Waals surface area contributed by atoms with Crippen LogP contribution in [0.5, 0.6) is 0 Å². The second kappa shape index (κ2) is 11.9. The molecule has 1 atom stereocenters. The van der Waals surface area contributed by atoms with Crippen molar-refractivity contribution < 1.29 is 19.1 Å². The summed E-state index contributed by atoms with van der Waals surface area (Å²) in [5.41, 5.74) is 3.97. The number of β-amino-alcohol motifs (C(OH)–C–C–N with tert-alkyl or cyclic N) is 1. The van der Waals surface area contributed by atoms with E-state index in [4.69, 9.17) is 9.15 Å². The van der Waals surface area contributed by atoms with Crippen molar-refractivity contribution in [3.05, 3.63) is 47.2 Å². The number of para-hydroxylation sites is 1. The molecule has 3 heterocycles. The van der Waals surface area contributed by atoms with Crippen molar-refractivity contribution in [1.82, 2.24) is 19.7 Å². The number of rotatable bonds is 8. The first-order chi connectivity index (χ1) is 17.6. The van der Waals surface area contributed by atoms with Gasteiger partial charge >= 0.3 is 0 Å². The Morgan fingerprint density at radius 1 is 1.03 bits per heavy atom. The van der Waals surface area contributed by atoms with E-state index < -0.39 is 6.10 Å². The first-order valence-corrected chi connectivity index (χ1v) is 13.4. The molecule has 0 saturated carbocycles. The monoisotopic (exact) mass is 513 g/mol. The van der Waals surface area contributed by atoms with Crippen LogP contribution in [-0.4, -0.2) is 108 Å². The summed E-state index contributed by atoms with van der Waals surface area (Å²) in [7, 11) is 0. The average molecular weight is 514 g/mol. The lowest BCUT2D eigenvalue weighted by molar-refractivity contribution is -0.0588. The molecule has 0 spiro atoms. The molecule has 1 amide bonds. The summed E-state index contributed by atoms with van der Waals surface area (Å²) in [6.45, 7) is 18.2. The van der Waals surface area contributed by atoms with Crippen LogP contribution in [0.4, 0.5) is 5.69 Å². The van der Waals surface area contributed by atoms with Gasteiger partial charge in [-0.2, -0.15) is 0 Å². The molecular formula is C28H43N5O4. The molecule has 9 nitrogen and oxygen atoms in total. The van der Waals surface area contributed by atoms with Crippen molar-refractivity contribution in [1.29, 1.82) is 0 Å². The number of piperazine rings is 2. The zero-order valence-corrected chi connectivity index (χ0v) is 23.1. The van der Waals surface area contributed by atoms with Gasteiger partial charge in [-0.05, 0) is 45.7 Å². The third-order valence-corrected chi connectivity index (χ3v) is 7.09. The summed E-state index contributed by atoms with van der Waals surface area (Å²) >= 11 is 0. The number of hydrogen-bond acceptors (Lipinski definition) is 8. The summed E-state index contributed by atoms with van der Waals surface area (Å²) in [6.07, 6.45) is 1.01. The molecule has 2 aliphatic rings. The fourth-order valence-corrected chi connectivity index (χ4v) is 5.10. The lowest BCUT2D eigenvalue weighted by Gasteiger charge is -2.37. The molecule has 37 heavy (non-hydrogen) atoms. The summed E-state index contributed by atoms with van der Waals surface area (Å²) < 4.78 is 11.4. The molecule has 0 aliphatic carbocycles. The maximum Gasteiger partial charge on any atom is 0.275 e. The molecule has 204 valence electrons. The molecule has 2 aliphatic heterocycles. The first kappa shape index (κ1) is 27.6. The van der Waals surface area contributed by atoms with Crippen molar-refractivity contribution in [3.8, 4) is 0 Å². The fourth-order valence-electron chi connectivity index (χ4n) is 5.10. The molecule has 1 aromatic heterocycles. The lowest BCUT2D eigenvalue weighted by atomic mass is 10.1. The van der Waals surface area contributed by atoms with Crippen molar-refractivity contribution in [2.75, 3.05) is 70.4 Å². The van der Waals surface area contributed by atoms with E-state index in [0.29, 0.717) is 44.4 Å². The van der Waals surface area contributed by atoms with Crippen molar-refractivity contribution in [2.24, 2.45) is 0 Å². The Labute approximate surface area is 221 Å². The van der Waals surface area contributed by atoms with Crippen LogP contribution in [0.15, 0.2) is 28.9 Å². The summed E-state index contributed by atoms with van der Waals surface area (Å²) in [5.74, 6) is 0.511. The van der Waals surface area contributed by atoms with Gasteiger partial charge in [0.2, 0.25) is 5.89 Å². The molecule has 1 N–H and O–H groups in total. The predicted molar refractivity (Wildman–Crippen MR) is 144 cm³/mol. The van der Waals surface area contributed by atoms with E-state index in [-0.39, 0.29) is 11.5 Å². The normalized spacial score (nSPS) is 18.9. The molecule has 4 rings (SSSR count). The molecule has 0 bridgehead atoms. The van der Waals surface area contributed by atoms with Crippen molar-refractivity contribution in [3.63, 3.8) is 0 Å². The van der Waals surface area contributed by atoms with Crippen LogP contribution < -0.4 is 4.90 Å². The van der Waals surface area contributed by atoms with Gasteiger partial charge in [0.15, 0.2) is 5.69 Å². The Balaban J connectivity index is 1.21. The number of aliphatic hydroxyl groups is 1. The molecule has 9 heteroatoms. The van der Waals surface area contributed by atoms with Crippen LogP contribution in [0.3, 0.4) is 0 Å². The highest BCUT2D eigenvalue weighted by atomic mass is 16.5. The number of amides is 1. The van der Waals surface area contributed by atoms with Crippen molar-refractivity contribution >= 4 is 11.6 Å². The van der Waals surface area contributed by atoms with Crippen LogP contribution in [0.1, 0.15) is 48.3 Å². The van der Waals surface area contributed by atoms with E-state index in [1.54, 1.807) is 0 Å². The zero-order valence-electron chi connectivity index (χ0n) is 23.1. The van der Waals surface area contributed by atoms with Gasteiger partial charge in [-0.1, -0.05) is 18.2 Å². The number of carbonyl (C=O) groups is 1. The van der Waals surface area contributed by atoms with Gasteiger partial charge in [0.1, 0.15) is 6.26 Å². The molecular weight excluding hydrogens is 470 g/mol. The molecule has 2 fully saturated rings. The number of anilines is 1. The van der Waals surface area contributed by atoms with E-state index >= 15 is 0 Å². The van der Waals surface area contributed by atoms with Gasteiger partial charge in [0.05, 0.1) is 24.9 Å². The number of carbonyl (C=O) groups excluding carboxylic acids is 1. The average Bonchev–Trinajstić information content (AvgIpc) is 3.32. The van der Waals surface area contributed by atoms with Crippen LogP contribution in [-0.2, 0) is 11.3 Å². The second-order valence-electron chi connectivity index (χ2n) is 11.3. The number of ether oxygens (including phenoxy) is 1. The minimum Gasteiger partial charge on any atom is -0.447 e. The third kappa shape index (κ3) is 7.54. The van der Waals surface area contributed by atoms with E-state index in [1.165, 1.54) is 23.1 Å². The Bertz CT molecular complexity index is 1010. The van der Waals surface area contributed by atoms with Gasteiger partial charge in [0.25, 0.3) is 5.91 Å². The van der Waals surface area contributed by atoms with Gasteiger partial charge < -0.3 is 24.1 Å². The Kier molecular flexibility index (Phi) is 8.90. The van der Waals surface area contributed by atoms with E-state index in [9.17, 15) is 9.90 Å². The molecule has 2 aromatic rings. The molecule has 2 saturated heterocycles. The number of aryl methyl sites for hydroxylation is 2. The minimum atomic E-state index is -0.492. The molecule has 1 aromatic carbocycles. The number of aromatic nitrogens is 1. The SMILES string of the molecule is Cc1cccc(C)c1N1CCN(C(=O)c2coc(CN3CCN(C[C@@H](O)COC(C)(C)C)CC3)n2)CC1. The predicted octanol–water partition coefficient (Wildman–Crippen LogP) is 2.55. The van der Waals surface area contributed by atoms with Crippen LogP contribution in [0.2, 0.25) is 0 Å². The summed E-state index contributed by atoms with van der Waals surface area (Å²) in [5, 5.41) is 10.3. The maximum atomic E-state index is 13.1. The second-order valence-corrected chi connectivity index (χ2v) is 11.3. The molecule has 0 radical (unpaired) electrons. The van der Waals surface area contributed by atoms with Crippen LogP contribution in [0.25, 0.3) is 0 Å². The lowest BCUT2D eigenvalue weighted by Crippen LogP contribution is -2.49. The van der Waals surface area contributed by atoms with Crippen molar-refractivity contribution in [2.45, 2.75) is 52.9 Å². The molecule has 0 unspecified atom stereocenters. The highest BCUT2D eigenvalue weighted by Gasteiger charge is 2.27. The van der Waals surface area contributed by atoms with Gasteiger partial charge in [-0.15, -0.1) is 0 Å². The number of nitrogens with zero attached hydrogens (tertiary/aromatic N) is 5. The zero-order chi connectivity index (χ0) is 26.6. The first-order valence-electron chi connectivity index (χ1n) is 13.4.